The van der Waals surface area contributed by atoms with Gasteiger partial charge in [-0.05, 0) is 70.1 Å². The van der Waals surface area contributed by atoms with Crippen LogP contribution in [0.15, 0.2) is 22.7 Å². The predicted molar refractivity (Wildman–Crippen MR) is 84.7 cm³/mol. The average Bonchev–Trinajstić information content (AvgIpc) is 2.76. The van der Waals surface area contributed by atoms with Gasteiger partial charge in [0.05, 0.1) is 11.0 Å². The lowest BCUT2D eigenvalue weighted by Gasteiger charge is -2.21. The van der Waals surface area contributed by atoms with E-state index < -0.39 is 5.41 Å². The Morgan fingerprint density at radius 1 is 1.47 bits per heavy atom. The number of nitrogens with two attached hydrogens (primary N) is 1. The Morgan fingerprint density at radius 2 is 2.16 bits per heavy atom. The molecule has 1 aliphatic heterocycles. The van der Waals surface area contributed by atoms with Crippen molar-refractivity contribution in [2.75, 3.05) is 13.1 Å². The van der Waals surface area contributed by atoms with Crippen LogP contribution < -0.4 is 5.73 Å². The second-order valence-corrected chi connectivity index (χ2v) is 7.13. The molecule has 2 N–H and O–H groups in total. The highest BCUT2D eigenvalue weighted by Crippen LogP contribution is 2.31. The smallest absolute Gasteiger partial charge is 0.255 e. The predicted octanol–water partition coefficient (Wildman–Crippen LogP) is 2.39. The summed E-state index contributed by atoms with van der Waals surface area (Å²) in [6.07, 6.45) is 0.621. The number of carbonyl (C=O) groups is 2. The van der Waals surface area contributed by atoms with E-state index in [-0.39, 0.29) is 11.8 Å². The number of carbonyl (C=O) groups excluding carboxylic acids is 2. The van der Waals surface area contributed by atoms with Gasteiger partial charge in [-0.2, -0.15) is 0 Å². The summed E-state index contributed by atoms with van der Waals surface area (Å²) < 4.78 is 1.77. The molecule has 2 amide bonds. The molecule has 1 unspecified atom stereocenters. The normalized spacial score (nSPS) is 22.6. The minimum atomic E-state index is -0.607. The molecule has 4 nitrogen and oxygen atoms in total. The van der Waals surface area contributed by atoms with E-state index in [1.165, 1.54) is 0 Å². The van der Waals surface area contributed by atoms with Crippen molar-refractivity contribution >= 4 is 50.3 Å². The largest absolute Gasteiger partial charge is 0.369 e. The van der Waals surface area contributed by atoms with Crippen molar-refractivity contribution < 1.29 is 9.59 Å². The summed E-state index contributed by atoms with van der Waals surface area (Å²) in [6.45, 7) is 2.77. The molecular formula is C13H14BrIN2O2. The van der Waals surface area contributed by atoms with E-state index in [2.05, 4.69) is 38.5 Å². The summed E-state index contributed by atoms with van der Waals surface area (Å²) in [5, 5.41) is 0. The van der Waals surface area contributed by atoms with Crippen LogP contribution in [0.2, 0.25) is 0 Å². The first-order valence-electron chi connectivity index (χ1n) is 5.88. The van der Waals surface area contributed by atoms with Gasteiger partial charge in [0.2, 0.25) is 5.91 Å². The van der Waals surface area contributed by atoms with E-state index in [1.54, 1.807) is 4.90 Å². The van der Waals surface area contributed by atoms with Crippen molar-refractivity contribution in [3.05, 3.63) is 31.8 Å². The fourth-order valence-corrected chi connectivity index (χ4v) is 3.07. The molecule has 0 bridgehead atoms. The third-order valence-electron chi connectivity index (χ3n) is 3.51. The number of nitrogens with zero attached hydrogens (tertiary/aromatic N) is 1. The molecule has 102 valence electrons. The maximum atomic E-state index is 12.5. The number of benzene rings is 1. The van der Waals surface area contributed by atoms with Crippen LogP contribution in [0.3, 0.4) is 0 Å². The number of hydrogen-bond acceptors (Lipinski definition) is 2. The quantitative estimate of drug-likeness (QED) is 0.723. The topological polar surface area (TPSA) is 63.4 Å². The van der Waals surface area contributed by atoms with Gasteiger partial charge in [-0.15, -0.1) is 0 Å². The summed E-state index contributed by atoms with van der Waals surface area (Å²) in [4.78, 5) is 25.6. The first kappa shape index (κ1) is 14.8. The monoisotopic (exact) mass is 436 g/mol. The SMILES string of the molecule is CC1(C(N)=O)CCN(C(=O)c2cc(I)ccc2Br)C1. The number of hydrogen-bond donors (Lipinski definition) is 1. The second-order valence-electron chi connectivity index (χ2n) is 5.03. The van der Waals surface area contributed by atoms with Gasteiger partial charge in [0.15, 0.2) is 0 Å². The molecule has 1 atom stereocenters. The fraction of sp³-hybridized carbons (Fsp3) is 0.385. The van der Waals surface area contributed by atoms with Crippen LogP contribution in [0.1, 0.15) is 23.7 Å². The molecule has 1 aromatic carbocycles. The van der Waals surface area contributed by atoms with Crippen molar-refractivity contribution in [3.63, 3.8) is 0 Å². The van der Waals surface area contributed by atoms with Gasteiger partial charge in [-0.3, -0.25) is 9.59 Å². The summed E-state index contributed by atoms with van der Waals surface area (Å²) in [5.74, 6) is -0.403. The lowest BCUT2D eigenvalue weighted by atomic mass is 9.89. The molecule has 0 radical (unpaired) electrons. The van der Waals surface area contributed by atoms with Gasteiger partial charge < -0.3 is 10.6 Å². The maximum absolute atomic E-state index is 12.5. The van der Waals surface area contributed by atoms with Crippen molar-refractivity contribution in [3.8, 4) is 0 Å². The van der Waals surface area contributed by atoms with Crippen molar-refractivity contribution in [2.24, 2.45) is 11.1 Å². The molecule has 0 aliphatic carbocycles. The van der Waals surface area contributed by atoms with Crippen LogP contribution in [0.25, 0.3) is 0 Å². The standard InChI is InChI=1S/C13H14BrIN2O2/c1-13(12(16)19)4-5-17(7-13)11(18)9-6-8(15)2-3-10(9)14/h2-3,6H,4-5,7H2,1H3,(H2,16,19). The maximum Gasteiger partial charge on any atom is 0.255 e. The zero-order valence-electron chi connectivity index (χ0n) is 10.5. The van der Waals surface area contributed by atoms with Gasteiger partial charge in [0.1, 0.15) is 0 Å². The van der Waals surface area contributed by atoms with Crippen molar-refractivity contribution in [2.45, 2.75) is 13.3 Å². The molecule has 0 spiro atoms. The number of likely N-dealkylation sites (tertiary alicyclic amines) is 1. The minimum Gasteiger partial charge on any atom is -0.369 e. The zero-order chi connectivity index (χ0) is 14.2. The number of amides is 2. The van der Waals surface area contributed by atoms with Crippen LogP contribution in [0.4, 0.5) is 0 Å². The Kier molecular flexibility index (Phi) is 4.20. The number of halogens is 2. The number of primary amides is 1. The summed E-state index contributed by atoms with van der Waals surface area (Å²) in [6, 6.07) is 5.63. The first-order chi connectivity index (χ1) is 8.83. The molecule has 1 saturated heterocycles. The Morgan fingerprint density at radius 3 is 2.74 bits per heavy atom. The Hall–Kier alpha value is -0.630. The van der Waals surface area contributed by atoms with Crippen LogP contribution in [-0.4, -0.2) is 29.8 Å². The molecule has 2 rings (SSSR count). The molecule has 19 heavy (non-hydrogen) atoms. The Balaban J connectivity index is 2.22. The van der Waals surface area contributed by atoms with Gasteiger partial charge in [-0.1, -0.05) is 0 Å². The second kappa shape index (κ2) is 5.40. The van der Waals surface area contributed by atoms with E-state index in [9.17, 15) is 9.59 Å². The summed E-state index contributed by atoms with van der Waals surface area (Å²) in [5.41, 5.74) is 5.42. The van der Waals surface area contributed by atoms with E-state index in [1.807, 2.05) is 25.1 Å². The molecular weight excluding hydrogens is 423 g/mol. The van der Waals surface area contributed by atoms with E-state index >= 15 is 0 Å². The first-order valence-corrected chi connectivity index (χ1v) is 7.75. The highest BCUT2D eigenvalue weighted by Gasteiger charge is 2.41. The third kappa shape index (κ3) is 2.94. The molecule has 6 heteroatoms. The zero-order valence-corrected chi connectivity index (χ0v) is 14.2. The highest BCUT2D eigenvalue weighted by atomic mass is 127. The Bertz CT molecular complexity index is 549. The van der Waals surface area contributed by atoms with Gasteiger partial charge in [-0.25, -0.2) is 0 Å². The van der Waals surface area contributed by atoms with Crippen LogP contribution in [0, 0.1) is 8.99 Å². The molecule has 0 saturated carbocycles. The van der Waals surface area contributed by atoms with E-state index in [4.69, 9.17) is 5.73 Å². The van der Waals surface area contributed by atoms with Crippen LogP contribution >= 0.6 is 38.5 Å². The lowest BCUT2D eigenvalue weighted by Crippen LogP contribution is -2.38. The molecule has 1 aromatic rings. The third-order valence-corrected chi connectivity index (χ3v) is 4.88. The Labute approximate surface area is 134 Å². The highest BCUT2D eigenvalue weighted by molar-refractivity contribution is 14.1. The van der Waals surface area contributed by atoms with Crippen LogP contribution in [0.5, 0.6) is 0 Å². The van der Waals surface area contributed by atoms with E-state index in [0.29, 0.717) is 25.1 Å². The van der Waals surface area contributed by atoms with Gasteiger partial charge in [0.25, 0.3) is 5.91 Å². The molecule has 1 fully saturated rings. The fourth-order valence-electron chi connectivity index (χ4n) is 2.17. The summed E-state index contributed by atoms with van der Waals surface area (Å²) in [7, 11) is 0. The lowest BCUT2D eigenvalue weighted by molar-refractivity contribution is -0.126. The van der Waals surface area contributed by atoms with Crippen LogP contribution in [-0.2, 0) is 4.79 Å². The minimum absolute atomic E-state index is 0.0598. The van der Waals surface area contributed by atoms with E-state index in [0.717, 1.165) is 8.04 Å². The molecule has 1 heterocycles. The molecule has 0 aromatic heterocycles. The van der Waals surface area contributed by atoms with Crippen molar-refractivity contribution in [1.82, 2.24) is 4.90 Å². The number of rotatable bonds is 2. The van der Waals surface area contributed by atoms with Gasteiger partial charge >= 0.3 is 0 Å². The van der Waals surface area contributed by atoms with Crippen molar-refractivity contribution in [1.29, 1.82) is 0 Å². The summed E-state index contributed by atoms with van der Waals surface area (Å²) >= 11 is 5.56. The molecule has 1 aliphatic rings. The average molecular weight is 437 g/mol. The van der Waals surface area contributed by atoms with Gasteiger partial charge in [0, 0.05) is 21.1 Å².